The number of carbonyl (C=O) groups is 1. The molecule has 1 N–H and O–H groups in total. The van der Waals surface area contributed by atoms with E-state index in [9.17, 15) is 4.79 Å². The lowest BCUT2D eigenvalue weighted by Gasteiger charge is -2.12. The van der Waals surface area contributed by atoms with Crippen LogP contribution in [0.25, 0.3) is 0 Å². The summed E-state index contributed by atoms with van der Waals surface area (Å²) in [4.78, 5) is 11.3. The standard InChI is InChI=1S/C10H18N4O2/c1-4-14-7-12-13-9(14)6-11-8(3)10(15)16-5-2/h7-8,11H,4-6H2,1-3H3. The Balaban J connectivity index is 2.42. The van der Waals surface area contributed by atoms with Gasteiger partial charge in [0.1, 0.15) is 18.2 Å². The average molecular weight is 226 g/mol. The minimum absolute atomic E-state index is 0.245. The Labute approximate surface area is 95.0 Å². The zero-order valence-corrected chi connectivity index (χ0v) is 9.93. The maximum absolute atomic E-state index is 11.3. The molecule has 0 aliphatic rings. The van der Waals surface area contributed by atoms with Gasteiger partial charge in [0.15, 0.2) is 0 Å². The van der Waals surface area contributed by atoms with Crippen molar-refractivity contribution in [3.05, 3.63) is 12.2 Å². The molecule has 1 rings (SSSR count). The fraction of sp³-hybridized carbons (Fsp3) is 0.700. The summed E-state index contributed by atoms with van der Waals surface area (Å²) >= 11 is 0. The summed E-state index contributed by atoms with van der Waals surface area (Å²) in [6, 6.07) is -0.332. The van der Waals surface area contributed by atoms with E-state index >= 15 is 0 Å². The molecule has 0 aliphatic heterocycles. The molecule has 16 heavy (non-hydrogen) atoms. The van der Waals surface area contributed by atoms with Gasteiger partial charge in [0, 0.05) is 6.54 Å². The lowest BCUT2D eigenvalue weighted by atomic mass is 10.3. The smallest absolute Gasteiger partial charge is 0.322 e. The van der Waals surface area contributed by atoms with Gasteiger partial charge in [0.25, 0.3) is 0 Å². The molecule has 0 radical (unpaired) electrons. The van der Waals surface area contributed by atoms with E-state index in [0.717, 1.165) is 12.4 Å². The zero-order chi connectivity index (χ0) is 12.0. The lowest BCUT2D eigenvalue weighted by molar-refractivity contribution is -0.145. The van der Waals surface area contributed by atoms with Gasteiger partial charge in [0.2, 0.25) is 0 Å². The fourth-order valence-corrected chi connectivity index (χ4v) is 1.27. The molecule has 1 unspecified atom stereocenters. The number of ether oxygens (including phenoxy) is 1. The van der Waals surface area contributed by atoms with Crippen molar-refractivity contribution < 1.29 is 9.53 Å². The van der Waals surface area contributed by atoms with E-state index in [0.29, 0.717) is 13.2 Å². The minimum atomic E-state index is -0.332. The normalized spacial score (nSPS) is 12.4. The Kier molecular flexibility index (Phi) is 4.91. The van der Waals surface area contributed by atoms with Gasteiger partial charge in [-0.2, -0.15) is 0 Å². The van der Waals surface area contributed by atoms with E-state index in [-0.39, 0.29) is 12.0 Å². The lowest BCUT2D eigenvalue weighted by Crippen LogP contribution is -2.35. The molecular formula is C10H18N4O2. The SMILES string of the molecule is CCOC(=O)C(C)NCc1nncn1CC. The average Bonchev–Trinajstić information content (AvgIpc) is 2.73. The second kappa shape index (κ2) is 6.22. The first-order valence-electron chi connectivity index (χ1n) is 5.45. The third kappa shape index (κ3) is 3.30. The molecule has 6 heteroatoms. The van der Waals surface area contributed by atoms with Crippen molar-refractivity contribution in [2.24, 2.45) is 0 Å². The van der Waals surface area contributed by atoms with E-state index in [1.165, 1.54) is 0 Å². The van der Waals surface area contributed by atoms with Crippen LogP contribution in [0, 0.1) is 0 Å². The van der Waals surface area contributed by atoms with Crippen LogP contribution in [0.1, 0.15) is 26.6 Å². The van der Waals surface area contributed by atoms with E-state index < -0.39 is 0 Å². The van der Waals surface area contributed by atoms with Crippen molar-refractivity contribution in [2.75, 3.05) is 6.61 Å². The van der Waals surface area contributed by atoms with Crippen LogP contribution in [0.3, 0.4) is 0 Å². The maximum Gasteiger partial charge on any atom is 0.322 e. The molecule has 90 valence electrons. The molecule has 0 saturated heterocycles. The molecule has 0 aromatic carbocycles. The van der Waals surface area contributed by atoms with Crippen LogP contribution in [0.5, 0.6) is 0 Å². The van der Waals surface area contributed by atoms with Crippen LogP contribution < -0.4 is 5.32 Å². The number of nitrogens with one attached hydrogen (secondary N) is 1. The summed E-state index contributed by atoms with van der Waals surface area (Å²) in [5.41, 5.74) is 0. The molecule has 0 amide bonds. The molecule has 0 bridgehead atoms. The van der Waals surface area contributed by atoms with Crippen molar-refractivity contribution in [1.82, 2.24) is 20.1 Å². The summed E-state index contributed by atoms with van der Waals surface area (Å²) in [7, 11) is 0. The van der Waals surface area contributed by atoms with E-state index in [1.54, 1.807) is 20.2 Å². The molecular weight excluding hydrogens is 208 g/mol. The molecule has 0 saturated carbocycles. The molecule has 0 fully saturated rings. The van der Waals surface area contributed by atoms with Gasteiger partial charge in [-0.05, 0) is 20.8 Å². The quantitative estimate of drug-likeness (QED) is 0.708. The van der Waals surface area contributed by atoms with Gasteiger partial charge in [-0.3, -0.25) is 10.1 Å². The Morgan fingerprint density at radius 1 is 1.62 bits per heavy atom. The van der Waals surface area contributed by atoms with E-state index in [4.69, 9.17) is 4.74 Å². The zero-order valence-electron chi connectivity index (χ0n) is 9.93. The minimum Gasteiger partial charge on any atom is -0.465 e. The van der Waals surface area contributed by atoms with Crippen molar-refractivity contribution in [2.45, 2.75) is 39.9 Å². The van der Waals surface area contributed by atoms with Crippen molar-refractivity contribution in [3.8, 4) is 0 Å². The van der Waals surface area contributed by atoms with Crippen molar-refractivity contribution in [1.29, 1.82) is 0 Å². The molecule has 6 nitrogen and oxygen atoms in total. The number of hydrogen-bond acceptors (Lipinski definition) is 5. The van der Waals surface area contributed by atoms with Gasteiger partial charge in [-0.15, -0.1) is 10.2 Å². The fourth-order valence-electron chi connectivity index (χ4n) is 1.27. The van der Waals surface area contributed by atoms with Crippen LogP contribution in [0.2, 0.25) is 0 Å². The first-order valence-corrected chi connectivity index (χ1v) is 5.45. The highest BCUT2D eigenvalue weighted by Crippen LogP contribution is 1.96. The highest BCUT2D eigenvalue weighted by Gasteiger charge is 2.14. The van der Waals surface area contributed by atoms with E-state index in [1.807, 2.05) is 11.5 Å². The van der Waals surface area contributed by atoms with E-state index in [2.05, 4.69) is 15.5 Å². The number of esters is 1. The number of nitrogens with zero attached hydrogens (tertiary/aromatic N) is 3. The largest absolute Gasteiger partial charge is 0.465 e. The summed E-state index contributed by atoms with van der Waals surface area (Å²) in [6.07, 6.45) is 1.67. The Morgan fingerprint density at radius 2 is 2.38 bits per heavy atom. The van der Waals surface area contributed by atoms with Crippen LogP contribution in [0.15, 0.2) is 6.33 Å². The second-order valence-electron chi connectivity index (χ2n) is 3.39. The summed E-state index contributed by atoms with van der Waals surface area (Å²) in [6.45, 7) is 7.30. The molecule has 1 aromatic heterocycles. The number of hydrogen-bond donors (Lipinski definition) is 1. The Morgan fingerprint density at radius 3 is 3.00 bits per heavy atom. The summed E-state index contributed by atoms with van der Waals surface area (Å²) < 4.78 is 6.81. The van der Waals surface area contributed by atoms with Crippen LogP contribution in [-0.4, -0.2) is 33.4 Å². The predicted octanol–water partition coefficient (Wildman–Crippen LogP) is 0.339. The number of rotatable bonds is 6. The third-order valence-electron chi connectivity index (χ3n) is 2.24. The topological polar surface area (TPSA) is 69.0 Å². The summed E-state index contributed by atoms with van der Waals surface area (Å²) in [5, 5.41) is 10.8. The molecule has 1 aromatic rings. The highest BCUT2D eigenvalue weighted by molar-refractivity contribution is 5.75. The van der Waals surface area contributed by atoms with Crippen LogP contribution >= 0.6 is 0 Å². The predicted molar refractivity (Wildman–Crippen MR) is 58.6 cm³/mol. The van der Waals surface area contributed by atoms with Gasteiger partial charge < -0.3 is 9.30 Å². The third-order valence-corrected chi connectivity index (χ3v) is 2.24. The molecule has 1 atom stereocenters. The molecule has 0 aliphatic carbocycles. The maximum atomic E-state index is 11.3. The van der Waals surface area contributed by atoms with Crippen molar-refractivity contribution in [3.63, 3.8) is 0 Å². The second-order valence-corrected chi connectivity index (χ2v) is 3.39. The van der Waals surface area contributed by atoms with Gasteiger partial charge >= 0.3 is 5.97 Å². The number of aryl methyl sites for hydroxylation is 1. The first-order chi connectivity index (χ1) is 7.69. The van der Waals surface area contributed by atoms with Crippen LogP contribution in [-0.2, 0) is 22.6 Å². The summed E-state index contributed by atoms with van der Waals surface area (Å²) in [5.74, 6) is 0.573. The van der Waals surface area contributed by atoms with Crippen LogP contribution in [0.4, 0.5) is 0 Å². The first kappa shape index (κ1) is 12.6. The monoisotopic (exact) mass is 226 g/mol. The highest BCUT2D eigenvalue weighted by atomic mass is 16.5. The number of aromatic nitrogens is 3. The Hall–Kier alpha value is -1.43. The van der Waals surface area contributed by atoms with Crippen molar-refractivity contribution >= 4 is 5.97 Å². The van der Waals surface area contributed by atoms with Gasteiger partial charge in [0.05, 0.1) is 13.2 Å². The van der Waals surface area contributed by atoms with Gasteiger partial charge in [-0.25, -0.2) is 0 Å². The number of carbonyl (C=O) groups excluding carboxylic acids is 1. The molecule has 1 heterocycles. The molecule has 0 spiro atoms. The van der Waals surface area contributed by atoms with Gasteiger partial charge in [-0.1, -0.05) is 0 Å². The Bertz CT molecular complexity index is 337.